The van der Waals surface area contributed by atoms with E-state index in [0.29, 0.717) is 5.56 Å². The van der Waals surface area contributed by atoms with Crippen molar-refractivity contribution in [2.45, 2.75) is 19.3 Å². The van der Waals surface area contributed by atoms with Crippen molar-refractivity contribution in [3.8, 4) is 0 Å². The Morgan fingerprint density at radius 2 is 1.65 bits per heavy atom. The van der Waals surface area contributed by atoms with Crippen LogP contribution in [0.4, 0.5) is 0 Å². The van der Waals surface area contributed by atoms with Gasteiger partial charge < -0.3 is 15.5 Å². The number of benzene rings is 2. The summed E-state index contributed by atoms with van der Waals surface area (Å²) in [7, 11) is 0. The Morgan fingerprint density at radius 1 is 0.923 bits per heavy atom. The number of nitrogens with zero attached hydrogens (tertiary/aromatic N) is 1. The normalized spacial score (nSPS) is 13.6. The highest BCUT2D eigenvalue weighted by atomic mass is 16.2. The maximum absolute atomic E-state index is 12.2. The van der Waals surface area contributed by atoms with E-state index in [9.17, 15) is 14.4 Å². The third-order valence-corrected chi connectivity index (χ3v) is 4.54. The lowest BCUT2D eigenvalue weighted by molar-refractivity contribution is -0.132. The molecule has 0 aliphatic carbocycles. The molecule has 0 unspecified atom stereocenters. The molecule has 1 fully saturated rings. The monoisotopic (exact) mass is 353 g/mol. The summed E-state index contributed by atoms with van der Waals surface area (Å²) in [5, 5.41) is 7.43. The third kappa shape index (κ3) is 4.59. The van der Waals surface area contributed by atoms with Gasteiger partial charge >= 0.3 is 0 Å². The van der Waals surface area contributed by atoms with Crippen LogP contribution in [-0.4, -0.2) is 48.8 Å². The van der Waals surface area contributed by atoms with Gasteiger partial charge in [0.2, 0.25) is 11.8 Å². The molecule has 136 valence electrons. The minimum absolute atomic E-state index is 0.0253. The molecule has 1 aliphatic heterocycles. The first-order chi connectivity index (χ1) is 12.6. The number of fused-ring (bicyclic) bond motifs is 1. The van der Waals surface area contributed by atoms with Crippen molar-refractivity contribution in [3.63, 3.8) is 0 Å². The number of likely N-dealkylation sites (tertiary alicyclic amines) is 1. The maximum Gasteiger partial charge on any atom is 0.251 e. The van der Waals surface area contributed by atoms with Crippen molar-refractivity contribution in [2.75, 3.05) is 26.2 Å². The number of rotatable bonds is 6. The summed E-state index contributed by atoms with van der Waals surface area (Å²) in [6.07, 6.45) is 2.20. The molecule has 0 bridgehead atoms. The van der Waals surface area contributed by atoms with Gasteiger partial charge in [-0.25, -0.2) is 0 Å². The molecular formula is C20H23N3O3. The highest BCUT2D eigenvalue weighted by Crippen LogP contribution is 2.15. The van der Waals surface area contributed by atoms with Crippen LogP contribution in [0, 0.1) is 0 Å². The van der Waals surface area contributed by atoms with Crippen molar-refractivity contribution in [1.29, 1.82) is 0 Å². The van der Waals surface area contributed by atoms with Crippen LogP contribution in [0.1, 0.15) is 29.6 Å². The van der Waals surface area contributed by atoms with Crippen molar-refractivity contribution < 1.29 is 14.4 Å². The molecule has 1 saturated heterocycles. The van der Waals surface area contributed by atoms with Crippen LogP contribution < -0.4 is 10.6 Å². The van der Waals surface area contributed by atoms with E-state index in [0.717, 1.165) is 36.7 Å². The summed E-state index contributed by atoms with van der Waals surface area (Å²) in [5.74, 6) is -0.496. The number of amides is 3. The number of hydrogen-bond acceptors (Lipinski definition) is 3. The summed E-state index contributed by atoms with van der Waals surface area (Å²) in [5.41, 5.74) is 0.563. The van der Waals surface area contributed by atoms with Gasteiger partial charge in [0, 0.05) is 31.6 Å². The number of carbonyl (C=O) groups is 3. The quantitative estimate of drug-likeness (QED) is 0.830. The fraction of sp³-hybridized carbons (Fsp3) is 0.350. The Kier molecular flexibility index (Phi) is 5.84. The molecule has 1 aliphatic rings. The zero-order chi connectivity index (χ0) is 18.4. The minimum Gasteiger partial charge on any atom is -0.352 e. The van der Waals surface area contributed by atoms with Gasteiger partial charge in [0.1, 0.15) is 0 Å². The van der Waals surface area contributed by atoms with E-state index in [-0.39, 0.29) is 37.2 Å². The topological polar surface area (TPSA) is 78.5 Å². The van der Waals surface area contributed by atoms with Crippen LogP contribution in [-0.2, 0) is 9.59 Å². The van der Waals surface area contributed by atoms with Crippen molar-refractivity contribution in [3.05, 3.63) is 48.0 Å². The van der Waals surface area contributed by atoms with Crippen LogP contribution in [0.3, 0.4) is 0 Å². The van der Waals surface area contributed by atoms with Crippen LogP contribution in [0.2, 0.25) is 0 Å². The summed E-state index contributed by atoms with van der Waals surface area (Å²) >= 11 is 0. The standard InChI is InChI=1S/C20H23N3O3/c24-18(22-14-19(25)23-11-3-4-12-23)9-10-21-20(26)17-8-7-15-5-1-2-6-16(15)13-17/h1-2,5-8,13H,3-4,9-12,14H2,(H,21,26)(H,22,24). The number of hydrogen-bond donors (Lipinski definition) is 2. The van der Waals surface area contributed by atoms with Crippen LogP contribution in [0.25, 0.3) is 10.8 Å². The summed E-state index contributed by atoms with van der Waals surface area (Å²) in [6.45, 7) is 1.81. The summed E-state index contributed by atoms with van der Waals surface area (Å²) in [6, 6.07) is 13.3. The Hall–Kier alpha value is -2.89. The van der Waals surface area contributed by atoms with Gasteiger partial charge in [0.05, 0.1) is 6.54 Å². The van der Waals surface area contributed by atoms with Gasteiger partial charge in [0.25, 0.3) is 5.91 Å². The lowest BCUT2D eigenvalue weighted by Crippen LogP contribution is -2.39. The first kappa shape index (κ1) is 17.9. The molecule has 0 saturated carbocycles. The van der Waals surface area contributed by atoms with Gasteiger partial charge in [0.15, 0.2) is 0 Å². The van der Waals surface area contributed by atoms with Crippen molar-refractivity contribution in [2.24, 2.45) is 0 Å². The lowest BCUT2D eigenvalue weighted by Gasteiger charge is -2.15. The number of carbonyl (C=O) groups excluding carboxylic acids is 3. The predicted octanol–water partition coefficient (Wildman–Crippen LogP) is 1.70. The average molecular weight is 353 g/mol. The Balaban J connectivity index is 1.41. The molecule has 2 aromatic carbocycles. The lowest BCUT2D eigenvalue weighted by atomic mass is 10.1. The van der Waals surface area contributed by atoms with E-state index in [1.54, 1.807) is 11.0 Å². The van der Waals surface area contributed by atoms with Crippen LogP contribution in [0.5, 0.6) is 0 Å². The molecule has 2 N–H and O–H groups in total. The SMILES string of the molecule is O=C(CCNC(=O)c1ccc2ccccc2c1)NCC(=O)N1CCCC1. The van der Waals surface area contributed by atoms with E-state index in [1.165, 1.54) is 0 Å². The predicted molar refractivity (Wildman–Crippen MR) is 99.7 cm³/mol. The van der Waals surface area contributed by atoms with E-state index >= 15 is 0 Å². The Bertz CT molecular complexity index is 813. The second kappa shape index (κ2) is 8.47. The van der Waals surface area contributed by atoms with E-state index in [4.69, 9.17) is 0 Å². The molecule has 3 amide bonds. The average Bonchev–Trinajstić information content (AvgIpc) is 3.20. The molecular weight excluding hydrogens is 330 g/mol. The maximum atomic E-state index is 12.2. The molecule has 6 heteroatoms. The second-order valence-corrected chi connectivity index (χ2v) is 6.43. The van der Waals surface area contributed by atoms with Gasteiger partial charge in [-0.15, -0.1) is 0 Å². The van der Waals surface area contributed by atoms with Gasteiger partial charge in [-0.1, -0.05) is 30.3 Å². The molecule has 6 nitrogen and oxygen atoms in total. The highest BCUT2D eigenvalue weighted by molar-refractivity contribution is 5.98. The molecule has 0 atom stereocenters. The minimum atomic E-state index is -0.239. The molecule has 0 spiro atoms. The highest BCUT2D eigenvalue weighted by Gasteiger charge is 2.18. The van der Waals surface area contributed by atoms with E-state index in [1.807, 2.05) is 36.4 Å². The third-order valence-electron chi connectivity index (χ3n) is 4.54. The molecule has 1 heterocycles. The zero-order valence-corrected chi connectivity index (χ0v) is 14.7. The molecule has 26 heavy (non-hydrogen) atoms. The number of nitrogens with one attached hydrogen (secondary N) is 2. The fourth-order valence-corrected chi connectivity index (χ4v) is 3.06. The molecule has 2 aromatic rings. The fourth-order valence-electron chi connectivity index (χ4n) is 3.06. The summed E-state index contributed by atoms with van der Waals surface area (Å²) < 4.78 is 0. The molecule has 3 rings (SSSR count). The van der Waals surface area contributed by atoms with E-state index < -0.39 is 0 Å². The van der Waals surface area contributed by atoms with E-state index in [2.05, 4.69) is 10.6 Å². The summed E-state index contributed by atoms with van der Waals surface area (Å²) in [4.78, 5) is 37.7. The van der Waals surface area contributed by atoms with Gasteiger partial charge in [-0.3, -0.25) is 14.4 Å². The molecule has 0 radical (unpaired) electrons. The molecule has 0 aromatic heterocycles. The zero-order valence-electron chi connectivity index (χ0n) is 14.7. The van der Waals surface area contributed by atoms with Crippen LogP contribution >= 0.6 is 0 Å². The smallest absolute Gasteiger partial charge is 0.251 e. The van der Waals surface area contributed by atoms with Gasteiger partial charge in [-0.2, -0.15) is 0 Å². The Labute approximate surface area is 152 Å². The van der Waals surface area contributed by atoms with Gasteiger partial charge in [-0.05, 0) is 35.7 Å². The Morgan fingerprint density at radius 3 is 2.42 bits per heavy atom. The first-order valence-electron chi connectivity index (χ1n) is 8.95. The second-order valence-electron chi connectivity index (χ2n) is 6.43. The van der Waals surface area contributed by atoms with Crippen molar-refractivity contribution in [1.82, 2.24) is 15.5 Å². The largest absolute Gasteiger partial charge is 0.352 e. The van der Waals surface area contributed by atoms with Crippen LogP contribution in [0.15, 0.2) is 42.5 Å². The van der Waals surface area contributed by atoms with Crippen molar-refractivity contribution >= 4 is 28.5 Å². The first-order valence-corrected chi connectivity index (χ1v) is 8.95.